The van der Waals surface area contributed by atoms with Crippen LogP contribution < -0.4 is 5.32 Å². The van der Waals surface area contributed by atoms with Crippen molar-refractivity contribution in [2.75, 3.05) is 13.7 Å². The van der Waals surface area contributed by atoms with E-state index in [0.29, 0.717) is 12.5 Å². The van der Waals surface area contributed by atoms with Crippen molar-refractivity contribution in [3.63, 3.8) is 0 Å². The number of rotatable bonds is 4. The molecule has 15 heavy (non-hydrogen) atoms. The van der Waals surface area contributed by atoms with E-state index < -0.39 is 5.54 Å². The van der Waals surface area contributed by atoms with Crippen molar-refractivity contribution >= 4 is 5.97 Å². The van der Waals surface area contributed by atoms with Crippen molar-refractivity contribution in [2.45, 2.75) is 38.1 Å². The molecule has 0 saturated heterocycles. The third-order valence-electron chi connectivity index (χ3n) is 3.30. The predicted octanol–water partition coefficient (Wildman–Crippen LogP) is 1.33. The second-order valence-corrected chi connectivity index (χ2v) is 4.15. The molecule has 2 unspecified atom stereocenters. The maximum Gasteiger partial charge on any atom is 0.326 e. The van der Waals surface area contributed by atoms with E-state index in [4.69, 9.17) is 11.2 Å². The minimum absolute atomic E-state index is 0.172. The molecule has 0 bridgehead atoms. The summed E-state index contributed by atoms with van der Waals surface area (Å²) < 4.78 is 4.86. The molecule has 1 saturated carbocycles. The molecule has 0 aromatic rings. The summed E-state index contributed by atoms with van der Waals surface area (Å²) in [6.45, 7) is 2.57. The molecule has 0 spiro atoms. The van der Waals surface area contributed by atoms with Crippen molar-refractivity contribution < 1.29 is 9.53 Å². The maximum atomic E-state index is 11.8. The van der Waals surface area contributed by atoms with E-state index in [0.717, 1.165) is 25.7 Å². The first-order chi connectivity index (χ1) is 7.18. The van der Waals surface area contributed by atoms with Crippen LogP contribution >= 0.6 is 0 Å². The molecule has 1 fully saturated rings. The number of hydrogen-bond donors (Lipinski definition) is 1. The standard InChI is InChI=1S/C12H19NO2/c1-4-8-13-12(11(14)15-3)7-6-10(5-2)9-12/h1,10,13H,5-9H2,2-3H3. The number of methoxy groups -OCH3 is 1. The largest absolute Gasteiger partial charge is 0.468 e. The van der Waals surface area contributed by atoms with Gasteiger partial charge in [-0.2, -0.15) is 0 Å². The van der Waals surface area contributed by atoms with Gasteiger partial charge in [0.05, 0.1) is 13.7 Å². The van der Waals surface area contributed by atoms with E-state index in [1.165, 1.54) is 7.11 Å². The molecule has 0 heterocycles. The molecule has 84 valence electrons. The van der Waals surface area contributed by atoms with E-state index in [2.05, 4.69) is 18.2 Å². The fraction of sp³-hybridized carbons (Fsp3) is 0.750. The summed E-state index contributed by atoms with van der Waals surface area (Å²) in [5, 5.41) is 3.15. The SMILES string of the molecule is C#CCNC1(C(=O)OC)CCC(CC)C1. The lowest BCUT2D eigenvalue weighted by Gasteiger charge is -2.26. The molecular formula is C12H19NO2. The van der Waals surface area contributed by atoms with Crippen LogP contribution in [-0.4, -0.2) is 25.2 Å². The lowest BCUT2D eigenvalue weighted by Crippen LogP contribution is -2.51. The Morgan fingerprint density at radius 3 is 2.93 bits per heavy atom. The maximum absolute atomic E-state index is 11.8. The van der Waals surface area contributed by atoms with E-state index in [9.17, 15) is 4.79 Å². The number of esters is 1. The monoisotopic (exact) mass is 209 g/mol. The summed E-state index contributed by atoms with van der Waals surface area (Å²) in [5.41, 5.74) is -0.526. The normalized spacial score (nSPS) is 29.8. The first kappa shape index (κ1) is 12.1. The summed E-state index contributed by atoms with van der Waals surface area (Å²) >= 11 is 0. The van der Waals surface area contributed by atoms with Crippen molar-refractivity contribution in [3.8, 4) is 12.3 Å². The molecule has 1 N–H and O–H groups in total. The molecule has 0 aromatic carbocycles. The van der Waals surface area contributed by atoms with E-state index in [1.807, 2.05) is 0 Å². The third kappa shape index (κ3) is 2.51. The Kier molecular flexibility index (Phi) is 4.16. The van der Waals surface area contributed by atoms with Crippen LogP contribution in [0.2, 0.25) is 0 Å². The number of carbonyl (C=O) groups excluding carboxylic acids is 1. The Balaban J connectivity index is 2.71. The zero-order valence-electron chi connectivity index (χ0n) is 9.51. The van der Waals surface area contributed by atoms with Gasteiger partial charge < -0.3 is 4.74 Å². The number of carbonyl (C=O) groups is 1. The molecule has 3 heteroatoms. The molecule has 0 aromatic heterocycles. The lowest BCUT2D eigenvalue weighted by molar-refractivity contribution is -0.148. The number of nitrogens with one attached hydrogen (secondary N) is 1. The van der Waals surface area contributed by atoms with E-state index in [-0.39, 0.29) is 5.97 Å². The highest BCUT2D eigenvalue weighted by molar-refractivity contribution is 5.81. The van der Waals surface area contributed by atoms with Gasteiger partial charge >= 0.3 is 5.97 Å². The quantitative estimate of drug-likeness (QED) is 0.561. The van der Waals surface area contributed by atoms with Gasteiger partial charge in [-0.1, -0.05) is 19.3 Å². The van der Waals surface area contributed by atoms with E-state index in [1.54, 1.807) is 0 Å². The molecule has 0 aliphatic heterocycles. The minimum Gasteiger partial charge on any atom is -0.468 e. The Morgan fingerprint density at radius 2 is 2.47 bits per heavy atom. The van der Waals surface area contributed by atoms with Gasteiger partial charge in [-0.05, 0) is 25.2 Å². The van der Waals surface area contributed by atoms with Gasteiger partial charge in [0, 0.05) is 0 Å². The summed E-state index contributed by atoms with van der Waals surface area (Å²) in [5.74, 6) is 2.95. The van der Waals surface area contributed by atoms with Gasteiger partial charge in [-0.15, -0.1) is 6.42 Å². The smallest absolute Gasteiger partial charge is 0.326 e. The molecule has 1 aliphatic rings. The van der Waals surface area contributed by atoms with Gasteiger partial charge in [0.2, 0.25) is 0 Å². The van der Waals surface area contributed by atoms with Crippen LogP contribution in [0.5, 0.6) is 0 Å². The Morgan fingerprint density at radius 1 is 1.73 bits per heavy atom. The molecular weight excluding hydrogens is 190 g/mol. The van der Waals surface area contributed by atoms with Crippen molar-refractivity contribution in [2.24, 2.45) is 5.92 Å². The third-order valence-corrected chi connectivity index (χ3v) is 3.30. The zero-order valence-corrected chi connectivity index (χ0v) is 9.51. The van der Waals surface area contributed by atoms with Gasteiger partial charge in [0.25, 0.3) is 0 Å². The van der Waals surface area contributed by atoms with Gasteiger partial charge in [-0.3, -0.25) is 10.1 Å². The average Bonchev–Trinajstić information content (AvgIpc) is 2.70. The van der Waals surface area contributed by atoms with Crippen LogP contribution in [0.25, 0.3) is 0 Å². The summed E-state index contributed by atoms with van der Waals surface area (Å²) in [4.78, 5) is 11.8. The van der Waals surface area contributed by atoms with Crippen molar-refractivity contribution in [1.82, 2.24) is 5.32 Å². The number of hydrogen-bond acceptors (Lipinski definition) is 3. The molecule has 0 radical (unpaired) electrons. The highest BCUT2D eigenvalue weighted by Crippen LogP contribution is 2.37. The Hall–Kier alpha value is -1.01. The highest BCUT2D eigenvalue weighted by Gasteiger charge is 2.45. The van der Waals surface area contributed by atoms with Crippen molar-refractivity contribution in [3.05, 3.63) is 0 Å². The molecule has 1 aliphatic carbocycles. The Labute approximate surface area is 91.6 Å². The molecule has 0 amide bonds. The number of terminal acetylenes is 1. The van der Waals surface area contributed by atoms with Crippen LogP contribution in [0.3, 0.4) is 0 Å². The molecule has 2 atom stereocenters. The van der Waals surface area contributed by atoms with Gasteiger partial charge in [0.15, 0.2) is 0 Å². The fourth-order valence-electron chi connectivity index (χ4n) is 2.33. The predicted molar refractivity (Wildman–Crippen MR) is 59.2 cm³/mol. The van der Waals surface area contributed by atoms with Crippen LogP contribution in [-0.2, 0) is 9.53 Å². The summed E-state index contributed by atoms with van der Waals surface area (Å²) in [7, 11) is 1.43. The van der Waals surface area contributed by atoms with E-state index >= 15 is 0 Å². The van der Waals surface area contributed by atoms with Crippen LogP contribution in [0, 0.1) is 18.3 Å². The molecule has 1 rings (SSSR count). The van der Waals surface area contributed by atoms with Crippen molar-refractivity contribution in [1.29, 1.82) is 0 Å². The zero-order chi connectivity index (χ0) is 11.3. The Bertz CT molecular complexity index is 269. The number of ether oxygens (including phenoxy) is 1. The first-order valence-corrected chi connectivity index (χ1v) is 5.45. The second kappa shape index (κ2) is 5.18. The summed E-state index contributed by atoms with van der Waals surface area (Å²) in [6, 6.07) is 0. The second-order valence-electron chi connectivity index (χ2n) is 4.15. The molecule has 3 nitrogen and oxygen atoms in total. The lowest BCUT2D eigenvalue weighted by atomic mass is 9.95. The highest BCUT2D eigenvalue weighted by atomic mass is 16.5. The first-order valence-electron chi connectivity index (χ1n) is 5.45. The summed E-state index contributed by atoms with van der Waals surface area (Å²) in [6.07, 6.45) is 9.07. The van der Waals surface area contributed by atoms with Crippen LogP contribution in [0.1, 0.15) is 32.6 Å². The van der Waals surface area contributed by atoms with Crippen LogP contribution in [0.15, 0.2) is 0 Å². The average molecular weight is 209 g/mol. The van der Waals surface area contributed by atoms with Crippen LogP contribution in [0.4, 0.5) is 0 Å². The van der Waals surface area contributed by atoms with Gasteiger partial charge in [0.1, 0.15) is 5.54 Å². The minimum atomic E-state index is -0.526. The fourth-order valence-corrected chi connectivity index (χ4v) is 2.33. The topological polar surface area (TPSA) is 38.3 Å². The van der Waals surface area contributed by atoms with Gasteiger partial charge in [-0.25, -0.2) is 0 Å².